The summed E-state index contributed by atoms with van der Waals surface area (Å²) < 4.78 is 8.39. The Balaban J connectivity index is 1.50. The molecule has 4 rings (SSSR count). The second-order valence-corrected chi connectivity index (χ2v) is 7.33. The van der Waals surface area contributed by atoms with Crippen LogP contribution in [0, 0.1) is 0 Å². The quantitative estimate of drug-likeness (QED) is 0.646. The van der Waals surface area contributed by atoms with Gasteiger partial charge in [0.15, 0.2) is 5.82 Å². The van der Waals surface area contributed by atoms with Crippen LogP contribution in [0.15, 0.2) is 53.3 Å². The summed E-state index contributed by atoms with van der Waals surface area (Å²) in [4.78, 5) is 25.3. The number of rotatable bonds is 7. The lowest BCUT2D eigenvalue weighted by Crippen LogP contribution is -2.32. The number of nitrogens with zero attached hydrogens (tertiary/aromatic N) is 3. The van der Waals surface area contributed by atoms with E-state index in [4.69, 9.17) is 16.3 Å². The average molecular weight is 413 g/mol. The van der Waals surface area contributed by atoms with E-state index in [1.807, 2.05) is 30.3 Å². The first kappa shape index (κ1) is 19.3. The zero-order valence-corrected chi connectivity index (χ0v) is 16.7. The number of methoxy groups -OCH3 is 1. The Labute approximate surface area is 172 Å². The largest absolute Gasteiger partial charge is 0.496 e. The Morgan fingerprint density at radius 1 is 1.24 bits per heavy atom. The SMILES string of the molecule is COc1ccc(Cl)cc1C(=O)NCCn1nc(-c2ccccc2)n(C2CC2)c1=O. The Kier molecular flexibility index (Phi) is 5.40. The third kappa shape index (κ3) is 4.05. The third-order valence-corrected chi connectivity index (χ3v) is 5.06. The van der Waals surface area contributed by atoms with Crippen molar-refractivity contribution in [2.24, 2.45) is 0 Å². The predicted octanol–water partition coefficient (Wildman–Crippen LogP) is 3.14. The summed E-state index contributed by atoms with van der Waals surface area (Å²) in [6.45, 7) is 0.525. The van der Waals surface area contributed by atoms with Crippen molar-refractivity contribution in [1.82, 2.24) is 19.7 Å². The van der Waals surface area contributed by atoms with Gasteiger partial charge in [0.2, 0.25) is 0 Å². The highest BCUT2D eigenvalue weighted by molar-refractivity contribution is 6.31. The van der Waals surface area contributed by atoms with Crippen LogP contribution >= 0.6 is 11.6 Å². The number of aromatic nitrogens is 3. The molecule has 0 bridgehead atoms. The zero-order valence-electron chi connectivity index (χ0n) is 16.0. The molecule has 0 unspecified atom stereocenters. The van der Waals surface area contributed by atoms with Gasteiger partial charge < -0.3 is 10.1 Å². The van der Waals surface area contributed by atoms with Gasteiger partial charge in [0.05, 0.1) is 19.2 Å². The molecule has 8 heteroatoms. The molecule has 7 nitrogen and oxygen atoms in total. The van der Waals surface area contributed by atoms with Crippen molar-refractivity contribution in [1.29, 1.82) is 0 Å². The summed E-state index contributed by atoms with van der Waals surface area (Å²) in [5.74, 6) is 0.789. The molecule has 1 aliphatic carbocycles. The molecule has 0 saturated heterocycles. The molecule has 3 aromatic rings. The maximum absolute atomic E-state index is 12.8. The van der Waals surface area contributed by atoms with E-state index in [-0.39, 0.29) is 30.7 Å². The number of carbonyl (C=O) groups is 1. The second-order valence-electron chi connectivity index (χ2n) is 6.90. The van der Waals surface area contributed by atoms with Gasteiger partial charge in [-0.05, 0) is 31.0 Å². The molecular formula is C21H21ClN4O3. The van der Waals surface area contributed by atoms with E-state index in [0.717, 1.165) is 18.4 Å². The normalized spacial score (nSPS) is 13.3. The number of benzene rings is 2. The summed E-state index contributed by atoms with van der Waals surface area (Å²) in [6, 6.07) is 14.7. The molecule has 0 atom stereocenters. The first-order valence-electron chi connectivity index (χ1n) is 9.45. The molecule has 0 aliphatic heterocycles. The van der Waals surface area contributed by atoms with Crippen molar-refractivity contribution in [3.63, 3.8) is 0 Å². The van der Waals surface area contributed by atoms with Gasteiger partial charge >= 0.3 is 5.69 Å². The smallest absolute Gasteiger partial charge is 0.346 e. The lowest BCUT2D eigenvalue weighted by atomic mass is 10.2. The van der Waals surface area contributed by atoms with Crippen LogP contribution in [0.1, 0.15) is 29.2 Å². The maximum atomic E-state index is 12.8. The number of nitrogens with one attached hydrogen (secondary N) is 1. The van der Waals surface area contributed by atoms with Crippen LogP contribution in [-0.4, -0.2) is 33.9 Å². The van der Waals surface area contributed by atoms with Gasteiger partial charge in [0.25, 0.3) is 5.91 Å². The van der Waals surface area contributed by atoms with E-state index in [0.29, 0.717) is 22.2 Å². The van der Waals surface area contributed by atoms with Crippen molar-refractivity contribution < 1.29 is 9.53 Å². The molecule has 2 aromatic carbocycles. The molecular weight excluding hydrogens is 392 g/mol. The molecule has 1 aromatic heterocycles. The summed E-state index contributed by atoms with van der Waals surface area (Å²) in [6.07, 6.45) is 1.97. The zero-order chi connectivity index (χ0) is 20.4. The van der Waals surface area contributed by atoms with E-state index in [9.17, 15) is 9.59 Å². The number of hydrogen-bond acceptors (Lipinski definition) is 4. The first-order chi connectivity index (χ1) is 14.1. The van der Waals surface area contributed by atoms with Crippen molar-refractivity contribution in [3.8, 4) is 17.1 Å². The van der Waals surface area contributed by atoms with Gasteiger partial charge in [0, 0.05) is 23.2 Å². The first-order valence-corrected chi connectivity index (χ1v) is 9.83. The highest BCUT2D eigenvalue weighted by atomic mass is 35.5. The molecule has 0 spiro atoms. The monoisotopic (exact) mass is 412 g/mol. The van der Waals surface area contributed by atoms with Crippen LogP contribution in [0.5, 0.6) is 5.75 Å². The lowest BCUT2D eigenvalue weighted by Gasteiger charge is -2.09. The number of halogens is 1. The van der Waals surface area contributed by atoms with Gasteiger partial charge in [-0.2, -0.15) is 0 Å². The fourth-order valence-electron chi connectivity index (χ4n) is 3.24. The summed E-state index contributed by atoms with van der Waals surface area (Å²) in [5.41, 5.74) is 1.10. The standard InChI is InChI=1S/C21H21ClN4O3/c1-29-18-10-7-15(22)13-17(18)20(27)23-11-12-25-21(28)26(16-8-9-16)19(24-25)14-5-3-2-4-6-14/h2-7,10,13,16H,8-9,11-12H2,1H3,(H,23,27). The Hall–Kier alpha value is -3.06. The Morgan fingerprint density at radius 3 is 2.69 bits per heavy atom. The molecule has 1 aliphatic rings. The van der Waals surface area contributed by atoms with Crippen LogP contribution in [0.25, 0.3) is 11.4 Å². The molecule has 150 valence electrons. The minimum absolute atomic E-state index is 0.152. The van der Waals surface area contributed by atoms with Crippen molar-refractivity contribution in [2.75, 3.05) is 13.7 Å². The fourth-order valence-corrected chi connectivity index (χ4v) is 3.41. The van der Waals surface area contributed by atoms with Gasteiger partial charge in [0.1, 0.15) is 5.75 Å². The number of hydrogen-bond donors (Lipinski definition) is 1. The summed E-state index contributed by atoms with van der Waals surface area (Å²) in [7, 11) is 1.50. The third-order valence-electron chi connectivity index (χ3n) is 4.83. The Bertz CT molecular complexity index is 1090. The maximum Gasteiger partial charge on any atom is 0.346 e. The van der Waals surface area contributed by atoms with Gasteiger partial charge in [-0.1, -0.05) is 41.9 Å². The Morgan fingerprint density at radius 2 is 2.00 bits per heavy atom. The van der Waals surface area contributed by atoms with Crippen LogP contribution in [-0.2, 0) is 6.54 Å². The van der Waals surface area contributed by atoms with E-state index < -0.39 is 0 Å². The van der Waals surface area contributed by atoms with E-state index >= 15 is 0 Å². The number of carbonyl (C=O) groups excluding carboxylic acids is 1. The highest BCUT2D eigenvalue weighted by Gasteiger charge is 2.30. The van der Waals surface area contributed by atoms with E-state index in [2.05, 4.69) is 10.4 Å². The summed E-state index contributed by atoms with van der Waals surface area (Å²) in [5, 5.41) is 7.78. The minimum atomic E-state index is -0.317. The predicted molar refractivity (Wildman–Crippen MR) is 111 cm³/mol. The molecule has 1 saturated carbocycles. The highest BCUT2D eigenvalue weighted by Crippen LogP contribution is 2.36. The topological polar surface area (TPSA) is 78.2 Å². The van der Waals surface area contributed by atoms with Gasteiger partial charge in [-0.3, -0.25) is 9.36 Å². The summed E-state index contributed by atoms with van der Waals surface area (Å²) >= 11 is 5.99. The van der Waals surface area contributed by atoms with E-state index in [1.54, 1.807) is 22.8 Å². The fraction of sp³-hybridized carbons (Fsp3) is 0.286. The van der Waals surface area contributed by atoms with Crippen molar-refractivity contribution in [3.05, 3.63) is 69.6 Å². The molecule has 1 N–H and O–H groups in total. The molecule has 1 heterocycles. The molecule has 29 heavy (non-hydrogen) atoms. The number of amides is 1. The molecule has 1 fully saturated rings. The van der Waals surface area contributed by atoms with E-state index in [1.165, 1.54) is 11.8 Å². The van der Waals surface area contributed by atoms with Gasteiger partial charge in [-0.15, -0.1) is 5.10 Å². The van der Waals surface area contributed by atoms with Crippen molar-refractivity contribution >= 4 is 17.5 Å². The van der Waals surface area contributed by atoms with Crippen LogP contribution in [0.4, 0.5) is 0 Å². The molecule has 0 radical (unpaired) electrons. The second kappa shape index (κ2) is 8.13. The van der Waals surface area contributed by atoms with Gasteiger partial charge in [-0.25, -0.2) is 9.48 Å². The minimum Gasteiger partial charge on any atom is -0.496 e. The van der Waals surface area contributed by atoms with Crippen LogP contribution in [0.3, 0.4) is 0 Å². The molecule has 1 amide bonds. The van der Waals surface area contributed by atoms with Crippen LogP contribution < -0.4 is 15.7 Å². The average Bonchev–Trinajstić information content (AvgIpc) is 3.52. The lowest BCUT2D eigenvalue weighted by molar-refractivity contribution is 0.0948. The van der Waals surface area contributed by atoms with Crippen molar-refractivity contribution in [2.45, 2.75) is 25.4 Å². The van der Waals surface area contributed by atoms with Crippen LogP contribution in [0.2, 0.25) is 5.02 Å². The number of ether oxygens (including phenoxy) is 1.